The minimum Gasteiger partial charge on any atom is -0.507 e. The first kappa shape index (κ1) is 15.5. The molecule has 6 rings (SSSR count). The molecular weight excluding hydrogens is 340 g/mol. The van der Waals surface area contributed by atoms with Crippen molar-refractivity contribution in [2.45, 2.75) is 6.42 Å². The van der Waals surface area contributed by atoms with Crippen molar-refractivity contribution in [2.75, 3.05) is 0 Å². The lowest BCUT2D eigenvalue weighted by atomic mass is 9.90. The quantitative estimate of drug-likeness (QED) is 0.329. The molecule has 0 saturated heterocycles. The van der Waals surface area contributed by atoms with E-state index in [1.165, 1.54) is 37.9 Å². The Bertz CT molecular complexity index is 1480. The van der Waals surface area contributed by atoms with Crippen LogP contribution >= 0.6 is 0 Å². The lowest BCUT2D eigenvalue weighted by molar-refractivity contribution is 0.476. The molecule has 0 unspecified atom stereocenters. The van der Waals surface area contributed by atoms with E-state index in [4.69, 9.17) is 0 Å². The summed E-state index contributed by atoms with van der Waals surface area (Å²) in [5, 5.41) is 20.5. The van der Waals surface area contributed by atoms with Gasteiger partial charge in [0.25, 0.3) is 0 Å². The maximum Gasteiger partial charge on any atom is 0.126 e. The van der Waals surface area contributed by atoms with E-state index in [0.717, 1.165) is 16.3 Å². The van der Waals surface area contributed by atoms with Crippen LogP contribution in [0.3, 0.4) is 0 Å². The Morgan fingerprint density at radius 3 is 2.07 bits per heavy atom. The molecule has 0 aliphatic rings. The van der Waals surface area contributed by atoms with Gasteiger partial charge in [-0.3, -0.25) is 0 Å². The molecule has 132 valence electrons. The molecule has 0 spiro atoms. The summed E-state index contributed by atoms with van der Waals surface area (Å²) in [4.78, 5) is 0. The molecule has 0 bridgehead atoms. The molecule has 0 fully saturated rings. The Morgan fingerprint density at radius 2 is 1.21 bits per heavy atom. The van der Waals surface area contributed by atoms with Crippen molar-refractivity contribution in [3.05, 3.63) is 102 Å². The molecule has 28 heavy (non-hydrogen) atoms. The van der Waals surface area contributed by atoms with Gasteiger partial charge in [0.05, 0.1) is 0 Å². The van der Waals surface area contributed by atoms with Crippen LogP contribution in [-0.4, -0.2) is 5.11 Å². The van der Waals surface area contributed by atoms with Crippen molar-refractivity contribution in [1.29, 1.82) is 0 Å². The van der Waals surface area contributed by atoms with E-state index in [-0.39, 0.29) is 0 Å². The van der Waals surface area contributed by atoms with Crippen molar-refractivity contribution in [2.24, 2.45) is 0 Å². The van der Waals surface area contributed by atoms with Crippen LogP contribution in [0.25, 0.3) is 43.1 Å². The SMILES string of the molecule is Oc1c(Cc2ccc3ccccc3c2)cc2ccc3cccc4ccc1c2c34. The summed E-state index contributed by atoms with van der Waals surface area (Å²) < 4.78 is 0. The van der Waals surface area contributed by atoms with Gasteiger partial charge in [-0.05, 0) is 55.6 Å². The molecule has 6 aromatic rings. The van der Waals surface area contributed by atoms with E-state index in [0.29, 0.717) is 12.2 Å². The summed E-state index contributed by atoms with van der Waals surface area (Å²) in [7, 11) is 0. The molecule has 0 aromatic heterocycles. The van der Waals surface area contributed by atoms with Gasteiger partial charge in [-0.15, -0.1) is 0 Å². The fourth-order valence-corrected chi connectivity index (χ4v) is 4.56. The number of benzene rings is 6. The fraction of sp³-hybridized carbons (Fsp3) is 0.0370. The van der Waals surface area contributed by atoms with Gasteiger partial charge in [0, 0.05) is 17.2 Å². The number of fused-ring (bicyclic) bond motifs is 1. The summed E-state index contributed by atoms with van der Waals surface area (Å²) in [5.74, 6) is 0.402. The average molecular weight is 358 g/mol. The second kappa shape index (κ2) is 5.71. The Morgan fingerprint density at radius 1 is 0.536 bits per heavy atom. The standard InChI is InChI=1S/C27H18O/c28-27-23(15-17-8-9-18-4-1-2-5-21(18)14-17)16-22-11-10-19-6-3-7-20-12-13-24(27)26(22)25(19)20/h1-14,16,28H,15H2. The van der Waals surface area contributed by atoms with Crippen LogP contribution in [0.1, 0.15) is 11.1 Å². The summed E-state index contributed by atoms with van der Waals surface area (Å²) in [6.45, 7) is 0. The van der Waals surface area contributed by atoms with Gasteiger partial charge in [-0.1, -0.05) is 78.9 Å². The molecular formula is C27H18O. The summed E-state index contributed by atoms with van der Waals surface area (Å²) in [5.41, 5.74) is 2.18. The van der Waals surface area contributed by atoms with Crippen molar-refractivity contribution in [3.8, 4) is 5.75 Å². The number of hydrogen-bond donors (Lipinski definition) is 1. The summed E-state index contributed by atoms with van der Waals surface area (Å²) >= 11 is 0. The second-order valence-electron chi connectivity index (χ2n) is 7.60. The fourth-order valence-electron chi connectivity index (χ4n) is 4.56. The van der Waals surface area contributed by atoms with E-state index >= 15 is 0 Å². The van der Waals surface area contributed by atoms with Gasteiger partial charge in [0.2, 0.25) is 0 Å². The largest absolute Gasteiger partial charge is 0.507 e. The van der Waals surface area contributed by atoms with E-state index in [1.807, 2.05) is 0 Å². The minimum absolute atomic E-state index is 0.402. The average Bonchev–Trinajstić information content (AvgIpc) is 2.74. The first-order valence-corrected chi connectivity index (χ1v) is 9.64. The maximum absolute atomic E-state index is 11.1. The van der Waals surface area contributed by atoms with Gasteiger partial charge in [0.15, 0.2) is 0 Å². The smallest absolute Gasteiger partial charge is 0.126 e. The van der Waals surface area contributed by atoms with Crippen molar-refractivity contribution >= 4 is 43.1 Å². The monoisotopic (exact) mass is 358 g/mol. The first-order chi connectivity index (χ1) is 13.8. The topological polar surface area (TPSA) is 20.2 Å². The van der Waals surface area contributed by atoms with E-state index in [9.17, 15) is 5.11 Å². The molecule has 0 heterocycles. The van der Waals surface area contributed by atoms with Crippen LogP contribution in [0.2, 0.25) is 0 Å². The lowest BCUT2D eigenvalue weighted by Gasteiger charge is -2.15. The highest BCUT2D eigenvalue weighted by Gasteiger charge is 2.14. The van der Waals surface area contributed by atoms with Crippen LogP contribution in [0.4, 0.5) is 0 Å². The number of hydrogen-bond acceptors (Lipinski definition) is 1. The Kier molecular flexibility index (Phi) is 3.15. The third-order valence-corrected chi connectivity index (χ3v) is 5.91. The molecule has 0 amide bonds. The highest BCUT2D eigenvalue weighted by atomic mass is 16.3. The number of phenols is 1. The zero-order chi connectivity index (χ0) is 18.7. The third kappa shape index (κ3) is 2.20. The summed E-state index contributed by atoms with van der Waals surface area (Å²) in [6.07, 6.45) is 0.715. The Labute approximate surface area is 162 Å². The first-order valence-electron chi connectivity index (χ1n) is 9.64. The predicted octanol–water partition coefficient (Wildman–Crippen LogP) is 7.03. The van der Waals surface area contributed by atoms with Gasteiger partial charge >= 0.3 is 0 Å². The lowest BCUT2D eigenvalue weighted by Crippen LogP contribution is -1.92. The van der Waals surface area contributed by atoms with E-state index in [1.54, 1.807) is 0 Å². The maximum atomic E-state index is 11.1. The van der Waals surface area contributed by atoms with Crippen LogP contribution in [0.5, 0.6) is 5.75 Å². The number of phenolic OH excluding ortho intramolecular Hbond substituents is 1. The molecule has 0 aliphatic carbocycles. The highest BCUT2D eigenvalue weighted by molar-refractivity contribution is 6.24. The van der Waals surface area contributed by atoms with Crippen molar-refractivity contribution < 1.29 is 5.11 Å². The number of rotatable bonds is 2. The third-order valence-electron chi connectivity index (χ3n) is 5.91. The predicted molar refractivity (Wildman–Crippen MR) is 119 cm³/mol. The van der Waals surface area contributed by atoms with Crippen molar-refractivity contribution in [1.82, 2.24) is 0 Å². The van der Waals surface area contributed by atoms with Crippen molar-refractivity contribution in [3.63, 3.8) is 0 Å². The van der Waals surface area contributed by atoms with Crippen LogP contribution in [0, 0.1) is 0 Å². The zero-order valence-corrected chi connectivity index (χ0v) is 15.3. The van der Waals surface area contributed by atoms with Gasteiger partial charge in [0.1, 0.15) is 5.75 Å². The Hall–Kier alpha value is -3.58. The van der Waals surface area contributed by atoms with Crippen LogP contribution in [-0.2, 0) is 6.42 Å². The molecule has 0 atom stereocenters. The van der Waals surface area contributed by atoms with Crippen LogP contribution in [0.15, 0.2) is 91.0 Å². The second-order valence-corrected chi connectivity index (χ2v) is 7.60. The molecule has 0 radical (unpaired) electrons. The molecule has 1 nitrogen and oxygen atoms in total. The van der Waals surface area contributed by atoms with Gasteiger partial charge < -0.3 is 5.11 Å². The number of aromatic hydroxyl groups is 1. The Balaban J connectivity index is 1.57. The molecule has 6 aromatic carbocycles. The van der Waals surface area contributed by atoms with Crippen LogP contribution < -0.4 is 0 Å². The minimum atomic E-state index is 0.402. The van der Waals surface area contributed by atoms with Gasteiger partial charge in [-0.2, -0.15) is 0 Å². The zero-order valence-electron chi connectivity index (χ0n) is 15.3. The normalized spacial score (nSPS) is 11.9. The highest BCUT2D eigenvalue weighted by Crippen LogP contribution is 2.40. The molecule has 0 aliphatic heterocycles. The molecule has 0 saturated carbocycles. The molecule has 1 N–H and O–H groups in total. The van der Waals surface area contributed by atoms with E-state index in [2.05, 4.69) is 91.0 Å². The van der Waals surface area contributed by atoms with Gasteiger partial charge in [-0.25, -0.2) is 0 Å². The summed E-state index contributed by atoms with van der Waals surface area (Å²) in [6, 6.07) is 32.0. The van der Waals surface area contributed by atoms with E-state index < -0.39 is 0 Å². The molecule has 1 heteroatoms.